The Bertz CT molecular complexity index is 1160. The second-order valence-electron chi connectivity index (χ2n) is 9.12. The first kappa shape index (κ1) is 22.9. The van der Waals surface area contributed by atoms with Gasteiger partial charge in [0, 0.05) is 57.2 Å². The van der Waals surface area contributed by atoms with Crippen LogP contribution in [0, 0.1) is 11.3 Å². The van der Waals surface area contributed by atoms with Crippen LogP contribution in [0.2, 0.25) is 0 Å². The number of rotatable bonds is 5. The number of nitriles is 1. The van der Waals surface area contributed by atoms with Crippen LogP contribution in [0.1, 0.15) is 18.4 Å². The van der Waals surface area contributed by atoms with Crippen molar-refractivity contribution in [2.75, 3.05) is 56.0 Å². The predicted octanol–water partition coefficient (Wildman–Crippen LogP) is 4.05. The quantitative estimate of drug-likeness (QED) is 0.637. The van der Waals surface area contributed by atoms with Gasteiger partial charge in [0.05, 0.1) is 16.6 Å². The minimum atomic E-state index is -0.100. The van der Waals surface area contributed by atoms with E-state index in [1.54, 1.807) is 0 Å². The fourth-order valence-electron chi connectivity index (χ4n) is 5.18. The van der Waals surface area contributed by atoms with Gasteiger partial charge in [0.2, 0.25) is 0 Å². The second kappa shape index (κ2) is 10.6. The van der Waals surface area contributed by atoms with Gasteiger partial charge in [0.1, 0.15) is 17.5 Å². The van der Waals surface area contributed by atoms with E-state index < -0.39 is 0 Å². The number of aromatic nitrogens is 1. The highest BCUT2D eigenvalue weighted by molar-refractivity contribution is 6.23. The van der Waals surface area contributed by atoms with Gasteiger partial charge in [-0.3, -0.25) is 4.90 Å². The van der Waals surface area contributed by atoms with Crippen molar-refractivity contribution in [2.45, 2.75) is 24.3 Å². The molecule has 5 rings (SSSR count). The predicted molar refractivity (Wildman–Crippen MR) is 141 cm³/mol. The molecule has 2 unspecified atom stereocenters. The van der Waals surface area contributed by atoms with E-state index in [9.17, 15) is 5.26 Å². The number of piperazine rings is 1. The number of halogens is 1. The van der Waals surface area contributed by atoms with Gasteiger partial charge >= 0.3 is 0 Å². The summed E-state index contributed by atoms with van der Waals surface area (Å²) in [5, 5.41) is 18.1. The molecule has 1 aliphatic carbocycles. The number of hydrogen-bond donors (Lipinski definition) is 2. The lowest BCUT2D eigenvalue weighted by molar-refractivity contribution is 0.156. The van der Waals surface area contributed by atoms with E-state index >= 15 is 0 Å². The van der Waals surface area contributed by atoms with Crippen LogP contribution >= 0.6 is 11.6 Å². The number of pyridine rings is 1. The molecule has 2 atom stereocenters. The van der Waals surface area contributed by atoms with E-state index in [4.69, 9.17) is 16.6 Å². The summed E-state index contributed by atoms with van der Waals surface area (Å²) >= 11 is 6.20. The number of para-hydroxylation sites is 1. The Morgan fingerprint density at radius 2 is 2.03 bits per heavy atom. The maximum atomic E-state index is 10.3. The number of piperidine rings is 1. The molecule has 0 spiro atoms. The molecule has 34 heavy (non-hydrogen) atoms. The van der Waals surface area contributed by atoms with Crippen molar-refractivity contribution in [3.8, 4) is 6.07 Å². The average molecular weight is 475 g/mol. The van der Waals surface area contributed by atoms with Crippen LogP contribution in [0.15, 0.2) is 60.2 Å². The van der Waals surface area contributed by atoms with Gasteiger partial charge in [-0.2, -0.15) is 5.26 Å². The monoisotopic (exact) mass is 474 g/mol. The van der Waals surface area contributed by atoms with Gasteiger partial charge in [-0.1, -0.05) is 48.6 Å². The lowest BCUT2D eigenvalue weighted by Crippen LogP contribution is -2.54. The molecule has 6 nitrogen and oxygen atoms in total. The molecule has 2 aromatic rings. The number of benzene rings is 1. The molecule has 1 aromatic heterocycles. The first-order valence-corrected chi connectivity index (χ1v) is 12.6. The SMILES string of the molecule is N#Cc1c(NCC2=CC=CC(Cl)C=C2)nc2ccccc2c1N1CCCC(N2CCNCC2)C1. The lowest BCUT2D eigenvalue weighted by atomic mass is 9.99. The summed E-state index contributed by atoms with van der Waals surface area (Å²) < 4.78 is 0. The zero-order valence-corrected chi connectivity index (χ0v) is 20.1. The Morgan fingerprint density at radius 3 is 2.88 bits per heavy atom. The first-order chi connectivity index (χ1) is 16.7. The minimum Gasteiger partial charge on any atom is -0.368 e. The number of nitrogens with zero attached hydrogens (tertiary/aromatic N) is 4. The van der Waals surface area contributed by atoms with Crippen LogP contribution in [0.4, 0.5) is 11.5 Å². The largest absolute Gasteiger partial charge is 0.368 e. The van der Waals surface area contributed by atoms with E-state index in [0.29, 0.717) is 24.0 Å². The van der Waals surface area contributed by atoms with Crippen LogP contribution in [-0.4, -0.2) is 67.1 Å². The molecule has 2 N–H and O–H groups in total. The molecule has 0 bridgehead atoms. The van der Waals surface area contributed by atoms with Crippen molar-refractivity contribution >= 4 is 34.0 Å². The highest BCUT2D eigenvalue weighted by atomic mass is 35.5. The standard InChI is InChI=1S/C27H31ClN6/c28-21-6-3-5-20(10-11-21)18-31-27-24(17-29)26(23-8-1-2-9-25(23)32-27)34-14-4-7-22(19-34)33-15-12-30-13-16-33/h1-3,5-6,8-11,21-22,30H,4,7,12-16,18-19H2,(H,31,32). The van der Waals surface area contributed by atoms with E-state index in [1.165, 1.54) is 6.42 Å². The maximum Gasteiger partial charge on any atom is 0.147 e. The van der Waals surface area contributed by atoms with Gasteiger partial charge in [-0.05, 0) is 24.5 Å². The maximum absolute atomic E-state index is 10.3. The highest BCUT2D eigenvalue weighted by Crippen LogP contribution is 2.36. The van der Waals surface area contributed by atoms with Crippen LogP contribution in [0.3, 0.4) is 0 Å². The molecule has 1 aromatic carbocycles. The Hall–Kier alpha value is -2.85. The molecular weight excluding hydrogens is 444 g/mol. The normalized spacial score (nSPS) is 23.4. The van der Waals surface area contributed by atoms with Crippen LogP contribution in [0.5, 0.6) is 0 Å². The van der Waals surface area contributed by atoms with Gasteiger partial charge in [-0.25, -0.2) is 4.98 Å². The van der Waals surface area contributed by atoms with Crippen molar-refractivity contribution in [1.29, 1.82) is 5.26 Å². The highest BCUT2D eigenvalue weighted by Gasteiger charge is 2.29. The Morgan fingerprint density at radius 1 is 1.18 bits per heavy atom. The zero-order chi connectivity index (χ0) is 23.3. The van der Waals surface area contributed by atoms with Gasteiger partial charge in [0.15, 0.2) is 0 Å². The van der Waals surface area contributed by atoms with Gasteiger partial charge in [-0.15, -0.1) is 11.6 Å². The molecule has 7 heteroatoms. The molecule has 0 amide bonds. The van der Waals surface area contributed by atoms with Crippen molar-refractivity contribution in [3.05, 3.63) is 65.8 Å². The third kappa shape index (κ3) is 4.97. The average Bonchev–Trinajstić information content (AvgIpc) is 3.10. The smallest absolute Gasteiger partial charge is 0.147 e. The molecule has 176 valence electrons. The number of nitrogens with one attached hydrogen (secondary N) is 2. The summed E-state index contributed by atoms with van der Waals surface area (Å²) in [7, 11) is 0. The second-order valence-corrected chi connectivity index (χ2v) is 9.63. The third-order valence-electron chi connectivity index (χ3n) is 6.92. The lowest BCUT2D eigenvalue weighted by Gasteiger charge is -2.42. The summed E-state index contributed by atoms with van der Waals surface area (Å²) in [4.78, 5) is 9.90. The van der Waals surface area contributed by atoms with Crippen molar-refractivity contribution in [2.24, 2.45) is 0 Å². The number of fused-ring (bicyclic) bond motifs is 1. The van der Waals surface area contributed by atoms with Crippen LogP contribution in [-0.2, 0) is 0 Å². The fourth-order valence-corrected chi connectivity index (χ4v) is 5.34. The molecular formula is C27H31ClN6. The Labute approximate surface area is 206 Å². The van der Waals surface area contributed by atoms with E-state index in [1.807, 2.05) is 48.6 Å². The molecule has 3 aliphatic rings. The van der Waals surface area contributed by atoms with Crippen LogP contribution < -0.4 is 15.5 Å². The summed E-state index contributed by atoms with van der Waals surface area (Å²) in [6, 6.07) is 11.2. The summed E-state index contributed by atoms with van der Waals surface area (Å²) in [5.74, 6) is 0.644. The Balaban J connectivity index is 1.47. The first-order valence-electron chi connectivity index (χ1n) is 12.2. The third-order valence-corrected chi connectivity index (χ3v) is 7.21. The molecule has 2 aliphatic heterocycles. The van der Waals surface area contributed by atoms with E-state index in [0.717, 1.165) is 67.9 Å². The van der Waals surface area contributed by atoms with Crippen LogP contribution in [0.25, 0.3) is 10.9 Å². The minimum absolute atomic E-state index is 0.100. The van der Waals surface area contributed by atoms with E-state index in [-0.39, 0.29) is 5.38 Å². The van der Waals surface area contributed by atoms with E-state index in [2.05, 4.69) is 32.6 Å². The number of hydrogen-bond acceptors (Lipinski definition) is 6. The molecule has 2 saturated heterocycles. The molecule has 3 heterocycles. The molecule has 0 saturated carbocycles. The summed E-state index contributed by atoms with van der Waals surface area (Å²) in [6.07, 6.45) is 12.3. The fraction of sp³-hybridized carbons (Fsp3) is 0.407. The van der Waals surface area contributed by atoms with Crippen molar-refractivity contribution in [1.82, 2.24) is 15.2 Å². The molecule has 0 radical (unpaired) electrons. The molecule has 2 fully saturated rings. The summed E-state index contributed by atoms with van der Waals surface area (Å²) in [6.45, 7) is 6.76. The summed E-state index contributed by atoms with van der Waals surface area (Å²) in [5.41, 5.74) is 3.65. The Kier molecular flexibility index (Phi) is 7.15. The number of anilines is 2. The van der Waals surface area contributed by atoms with Gasteiger partial charge < -0.3 is 15.5 Å². The topological polar surface area (TPSA) is 67.2 Å². The number of allylic oxidation sites excluding steroid dienone is 4. The van der Waals surface area contributed by atoms with Gasteiger partial charge in [0.25, 0.3) is 0 Å². The van der Waals surface area contributed by atoms with Crippen molar-refractivity contribution in [3.63, 3.8) is 0 Å². The van der Waals surface area contributed by atoms with Crippen molar-refractivity contribution < 1.29 is 0 Å². The zero-order valence-electron chi connectivity index (χ0n) is 19.4. The number of alkyl halides is 1.